The maximum Gasteiger partial charge on any atom is 0.303 e. The van der Waals surface area contributed by atoms with Gasteiger partial charge in [0.25, 0.3) is 0 Å². The van der Waals surface area contributed by atoms with Gasteiger partial charge >= 0.3 is 17.9 Å². The third-order valence-electron chi connectivity index (χ3n) is 5.02. The van der Waals surface area contributed by atoms with Crippen LogP contribution in [0, 0.1) is 12.3 Å². The van der Waals surface area contributed by atoms with Crippen molar-refractivity contribution < 1.29 is 38.1 Å². The van der Waals surface area contributed by atoms with E-state index in [1.807, 2.05) is 31.2 Å². The highest BCUT2D eigenvalue weighted by atomic mass is 32.2. The molecule has 0 radical (unpaired) electrons. The molecular formula is C23H30O8S. The van der Waals surface area contributed by atoms with Crippen LogP contribution in [-0.2, 0) is 38.1 Å². The van der Waals surface area contributed by atoms with E-state index in [2.05, 4.69) is 0 Å². The van der Waals surface area contributed by atoms with E-state index in [-0.39, 0.29) is 6.61 Å². The van der Waals surface area contributed by atoms with Gasteiger partial charge in [-0.2, -0.15) is 0 Å². The lowest BCUT2D eigenvalue weighted by molar-refractivity contribution is -0.223. The van der Waals surface area contributed by atoms with Gasteiger partial charge in [0.15, 0.2) is 12.2 Å². The Morgan fingerprint density at radius 2 is 1.56 bits per heavy atom. The van der Waals surface area contributed by atoms with E-state index < -0.39 is 53.0 Å². The molecule has 0 aliphatic carbocycles. The minimum Gasteiger partial charge on any atom is -0.463 e. The molecule has 0 bridgehead atoms. The van der Waals surface area contributed by atoms with Gasteiger partial charge in [-0.3, -0.25) is 14.4 Å². The largest absolute Gasteiger partial charge is 0.463 e. The summed E-state index contributed by atoms with van der Waals surface area (Å²) in [4.78, 5) is 48.1. The number of hydrogen-bond acceptors (Lipinski definition) is 9. The molecule has 1 heterocycles. The number of rotatable bonds is 8. The van der Waals surface area contributed by atoms with Crippen LogP contribution >= 0.6 is 11.8 Å². The molecule has 32 heavy (non-hydrogen) atoms. The zero-order valence-electron chi connectivity index (χ0n) is 19.2. The molecule has 1 aromatic carbocycles. The van der Waals surface area contributed by atoms with Gasteiger partial charge in [0, 0.05) is 31.1 Å². The van der Waals surface area contributed by atoms with Gasteiger partial charge in [-0.25, -0.2) is 0 Å². The smallest absolute Gasteiger partial charge is 0.303 e. The van der Waals surface area contributed by atoms with Crippen LogP contribution < -0.4 is 0 Å². The minimum absolute atomic E-state index is 0.224. The van der Waals surface area contributed by atoms with Crippen molar-refractivity contribution in [3.05, 3.63) is 29.8 Å². The number of carbonyl (C=O) groups is 4. The van der Waals surface area contributed by atoms with Crippen molar-refractivity contribution in [1.82, 2.24) is 0 Å². The molecule has 176 valence electrons. The molecule has 0 unspecified atom stereocenters. The van der Waals surface area contributed by atoms with Crippen molar-refractivity contribution in [2.45, 2.75) is 76.1 Å². The van der Waals surface area contributed by atoms with E-state index in [0.29, 0.717) is 0 Å². The molecule has 8 nitrogen and oxygen atoms in total. The Labute approximate surface area is 192 Å². The quantitative estimate of drug-likeness (QED) is 0.325. The molecule has 2 rings (SSSR count). The fourth-order valence-electron chi connectivity index (χ4n) is 3.48. The summed E-state index contributed by atoms with van der Waals surface area (Å²) < 4.78 is 22.5. The van der Waals surface area contributed by atoms with Gasteiger partial charge in [-0.1, -0.05) is 31.5 Å². The Balaban J connectivity index is 2.54. The summed E-state index contributed by atoms with van der Waals surface area (Å²) in [6.07, 6.45) is -2.85. The molecule has 0 amide bonds. The lowest BCUT2D eigenvalue weighted by Crippen LogP contribution is -2.63. The number of carbonyl (C=O) groups excluding carboxylic acids is 4. The molecule has 1 aliphatic heterocycles. The summed E-state index contributed by atoms with van der Waals surface area (Å²) in [6, 6.07) is 7.72. The molecule has 0 aromatic heterocycles. The molecule has 0 saturated carbocycles. The van der Waals surface area contributed by atoms with Crippen molar-refractivity contribution >= 4 is 36.0 Å². The summed E-state index contributed by atoms with van der Waals surface area (Å²) in [6.45, 7) is 8.91. The van der Waals surface area contributed by atoms with Crippen molar-refractivity contribution in [2.24, 2.45) is 5.41 Å². The fourth-order valence-corrected chi connectivity index (χ4v) is 4.97. The number of thioether (sulfide) groups is 1. The number of esters is 3. The highest BCUT2D eigenvalue weighted by Crippen LogP contribution is 2.43. The van der Waals surface area contributed by atoms with E-state index in [0.717, 1.165) is 16.7 Å². The minimum atomic E-state index is -1.03. The summed E-state index contributed by atoms with van der Waals surface area (Å²) in [5.74, 6) is -1.71. The van der Waals surface area contributed by atoms with E-state index in [1.165, 1.54) is 32.5 Å². The van der Waals surface area contributed by atoms with Crippen molar-refractivity contribution in [1.29, 1.82) is 0 Å². The number of benzene rings is 1. The molecule has 9 heteroatoms. The molecule has 1 aromatic rings. The highest BCUT2D eigenvalue weighted by molar-refractivity contribution is 8.00. The number of aryl methyl sites for hydroxylation is 1. The first-order valence-corrected chi connectivity index (χ1v) is 11.2. The van der Waals surface area contributed by atoms with Crippen LogP contribution in [0.25, 0.3) is 0 Å². The summed E-state index contributed by atoms with van der Waals surface area (Å²) in [5.41, 5.74) is 0.103. The molecule has 1 saturated heterocycles. The standard InChI is InChI=1S/C23H30O8S/c1-13-7-9-17(10-8-13)32-21-20(30-16(4)27)19(29-15(3)26)18(11-28-14(2)25)31-22(21)23(5,6)12-24/h7-10,12,18-22H,11H2,1-6H3/t18-,19-,20+,21-,22-/m1/s1. The number of hydrogen-bond donors (Lipinski definition) is 0. The summed E-state index contributed by atoms with van der Waals surface area (Å²) in [5, 5.41) is -0.584. The lowest BCUT2D eigenvalue weighted by Gasteiger charge is -2.48. The van der Waals surface area contributed by atoms with Gasteiger partial charge in [-0.15, -0.1) is 11.8 Å². The predicted molar refractivity (Wildman–Crippen MR) is 117 cm³/mol. The van der Waals surface area contributed by atoms with Gasteiger partial charge in [0.1, 0.15) is 19.0 Å². The zero-order valence-corrected chi connectivity index (χ0v) is 20.0. The molecule has 0 N–H and O–H groups in total. The zero-order chi connectivity index (χ0) is 24.1. The first-order chi connectivity index (χ1) is 14.9. The fraction of sp³-hybridized carbons (Fsp3) is 0.565. The Morgan fingerprint density at radius 3 is 2.06 bits per heavy atom. The van der Waals surface area contributed by atoms with E-state index in [4.69, 9.17) is 18.9 Å². The molecule has 1 fully saturated rings. The maximum absolute atomic E-state index is 12.0. The number of ether oxygens (including phenoxy) is 4. The van der Waals surface area contributed by atoms with Gasteiger partial charge in [0.05, 0.1) is 11.4 Å². The monoisotopic (exact) mass is 466 g/mol. The normalized spacial score (nSPS) is 25.5. The lowest BCUT2D eigenvalue weighted by atomic mass is 9.81. The maximum atomic E-state index is 12.0. The van der Waals surface area contributed by atoms with E-state index in [9.17, 15) is 19.2 Å². The SMILES string of the molecule is CC(=O)OC[C@H]1O[C@@H](C(C)(C)C=O)[C@H](Sc2ccc(C)cc2)[C@@H](OC(C)=O)[C@@H]1OC(C)=O. The third kappa shape index (κ3) is 6.80. The Hall–Kier alpha value is -2.39. The van der Waals surface area contributed by atoms with Gasteiger partial charge in [0.2, 0.25) is 0 Å². The third-order valence-corrected chi connectivity index (χ3v) is 6.35. The first kappa shape index (κ1) is 25.9. The molecular weight excluding hydrogens is 436 g/mol. The second kappa shape index (κ2) is 11.0. The van der Waals surface area contributed by atoms with Crippen LogP contribution in [-0.4, -0.2) is 60.5 Å². The van der Waals surface area contributed by atoms with E-state index >= 15 is 0 Å². The van der Waals surface area contributed by atoms with Crippen LogP contribution in [0.3, 0.4) is 0 Å². The van der Waals surface area contributed by atoms with Crippen LogP contribution in [0.5, 0.6) is 0 Å². The average Bonchev–Trinajstić information content (AvgIpc) is 2.70. The average molecular weight is 467 g/mol. The second-order valence-electron chi connectivity index (χ2n) is 8.38. The second-order valence-corrected chi connectivity index (χ2v) is 9.63. The highest BCUT2D eigenvalue weighted by Gasteiger charge is 2.54. The predicted octanol–water partition coefficient (Wildman–Crippen LogP) is 2.87. The first-order valence-electron chi connectivity index (χ1n) is 10.3. The van der Waals surface area contributed by atoms with Crippen LogP contribution in [0.15, 0.2) is 29.2 Å². The van der Waals surface area contributed by atoms with Gasteiger partial charge in [-0.05, 0) is 19.1 Å². The molecule has 5 atom stereocenters. The van der Waals surface area contributed by atoms with Crippen molar-refractivity contribution in [3.63, 3.8) is 0 Å². The van der Waals surface area contributed by atoms with Crippen LogP contribution in [0.2, 0.25) is 0 Å². The Bertz CT molecular complexity index is 835. The van der Waals surface area contributed by atoms with Crippen molar-refractivity contribution in [3.8, 4) is 0 Å². The van der Waals surface area contributed by atoms with Crippen LogP contribution in [0.1, 0.15) is 40.2 Å². The summed E-state index contributed by atoms with van der Waals surface area (Å²) in [7, 11) is 0. The Kier molecular flexibility index (Phi) is 8.86. The molecule has 0 spiro atoms. The van der Waals surface area contributed by atoms with Crippen LogP contribution in [0.4, 0.5) is 0 Å². The topological polar surface area (TPSA) is 105 Å². The van der Waals surface area contributed by atoms with Gasteiger partial charge < -0.3 is 23.7 Å². The van der Waals surface area contributed by atoms with E-state index in [1.54, 1.807) is 13.8 Å². The summed E-state index contributed by atoms with van der Waals surface area (Å²) >= 11 is 1.37. The number of aldehydes is 1. The van der Waals surface area contributed by atoms with Crippen molar-refractivity contribution in [2.75, 3.05) is 6.61 Å². The molecule has 1 aliphatic rings. The Morgan fingerprint density at radius 1 is 1.00 bits per heavy atom.